The van der Waals surface area contributed by atoms with Crippen LogP contribution in [0.15, 0.2) is 27.9 Å². The number of ether oxygens (including phenoxy) is 1. The van der Waals surface area contributed by atoms with Gasteiger partial charge in [-0.3, -0.25) is 0 Å². The van der Waals surface area contributed by atoms with Gasteiger partial charge >= 0.3 is 6.18 Å². The Labute approximate surface area is 188 Å². The maximum atomic E-state index is 13.8. The highest BCUT2D eigenvalue weighted by molar-refractivity contribution is 5.78. The van der Waals surface area contributed by atoms with Crippen LogP contribution >= 0.6 is 0 Å². The average molecular weight is 469 g/mol. The van der Waals surface area contributed by atoms with E-state index in [9.17, 15) is 18.3 Å². The van der Waals surface area contributed by atoms with Gasteiger partial charge in [0.1, 0.15) is 11.8 Å². The Kier molecular flexibility index (Phi) is 6.63. The standard InChI is InChI=1S/C21H26F3N5O4/c22-21(23,24)14-10-13(6-7-16(14)32-11-12-4-2-1-3-5-12)18-26-19(33-28-18)17-15(30)8-9-29(17)20(25)27-31/h6-7,10,12,15,17,30-31H,1-5,8-9,11H2,(H2,25,27)/t15-,17-/m0/s1. The number of aliphatic hydroxyl groups is 1. The molecule has 0 radical (unpaired) electrons. The number of nitrogens with zero attached hydrogens (tertiary/aromatic N) is 4. The summed E-state index contributed by atoms with van der Waals surface area (Å²) < 4.78 is 52.1. The molecule has 2 atom stereocenters. The number of guanidine groups is 1. The molecule has 33 heavy (non-hydrogen) atoms. The molecular weight excluding hydrogens is 443 g/mol. The normalized spacial score (nSPS) is 22.7. The number of aliphatic hydroxyl groups excluding tert-OH is 1. The van der Waals surface area contributed by atoms with Gasteiger partial charge in [0, 0.05) is 12.1 Å². The Hall–Kier alpha value is -3.02. The molecule has 4 N–H and O–H groups in total. The van der Waals surface area contributed by atoms with Gasteiger partial charge in [0.25, 0.3) is 5.89 Å². The topological polar surface area (TPSA) is 130 Å². The zero-order valence-corrected chi connectivity index (χ0v) is 17.8. The fraction of sp³-hybridized carbons (Fsp3) is 0.571. The molecule has 2 aromatic rings. The lowest BCUT2D eigenvalue weighted by Gasteiger charge is -2.23. The van der Waals surface area contributed by atoms with Crippen molar-refractivity contribution in [1.29, 1.82) is 0 Å². The first-order chi connectivity index (χ1) is 15.8. The summed E-state index contributed by atoms with van der Waals surface area (Å²) in [6, 6.07) is 2.76. The van der Waals surface area contributed by atoms with Crippen molar-refractivity contribution >= 4 is 5.96 Å². The number of hydrogen-bond donors (Lipinski definition) is 3. The van der Waals surface area contributed by atoms with Gasteiger partial charge in [-0.05, 0) is 43.4 Å². The lowest BCUT2D eigenvalue weighted by Crippen LogP contribution is -2.38. The fourth-order valence-electron chi connectivity index (χ4n) is 4.44. The maximum absolute atomic E-state index is 13.8. The highest BCUT2D eigenvalue weighted by atomic mass is 19.4. The van der Waals surface area contributed by atoms with E-state index in [-0.39, 0.29) is 48.1 Å². The van der Waals surface area contributed by atoms with E-state index in [0.717, 1.165) is 38.2 Å². The van der Waals surface area contributed by atoms with Crippen LogP contribution in [0.5, 0.6) is 5.75 Å². The predicted octanol–water partition coefficient (Wildman–Crippen LogP) is 3.53. The number of oxime groups is 1. The lowest BCUT2D eigenvalue weighted by molar-refractivity contribution is -0.139. The quantitative estimate of drug-likeness (QED) is 0.262. The monoisotopic (exact) mass is 469 g/mol. The van der Waals surface area contributed by atoms with Gasteiger partial charge in [0.2, 0.25) is 11.8 Å². The van der Waals surface area contributed by atoms with Gasteiger partial charge in [0.15, 0.2) is 0 Å². The van der Waals surface area contributed by atoms with Crippen LogP contribution < -0.4 is 10.5 Å². The summed E-state index contributed by atoms with van der Waals surface area (Å²) in [5.74, 6) is -0.337. The van der Waals surface area contributed by atoms with E-state index in [1.54, 1.807) is 0 Å². The number of nitrogens with two attached hydrogens (primary N) is 1. The molecule has 180 valence electrons. The summed E-state index contributed by atoms with van der Waals surface area (Å²) in [5.41, 5.74) is 4.81. The molecule has 2 heterocycles. The number of alkyl halides is 3. The van der Waals surface area contributed by atoms with Crippen molar-refractivity contribution in [1.82, 2.24) is 15.0 Å². The second-order valence-corrected chi connectivity index (χ2v) is 8.43. The molecule has 1 saturated carbocycles. The van der Waals surface area contributed by atoms with Gasteiger partial charge in [-0.15, -0.1) is 0 Å². The van der Waals surface area contributed by atoms with E-state index in [4.69, 9.17) is 20.2 Å². The van der Waals surface area contributed by atoms with Gasteiger partial charge < -0.3 is 30.2 Å². The predicted molar refractivity (Wildman–Crippen MR) is 110 cm³/mol. The van der Waals surface area contributed by atoms with Crippen LogP contribution in [0.4, 0.5) is 13.2 Å². The number of halogens is 3. The minimum absolute atomic E-state index is 0.0483. The van der Waals surface area contributed by atoms with Crippen LogP contribution in [0.2, 0.25) is 0 Å². The zero-order valence-electron chi connectivity index (χ0n) is 17.8. The largest absolute Gasteiger partial charge is 0.493 e. The summed E-state index contributed by atoms with van der Waals surface area (Å²) in [6.45, 7) is 0.530. The third-order valence-corrected chi connectivity index (χ3v) is 6.20. The number of likely N-dealkylation sites (tertiary alicyclic amines) is 1. The molecule has 1 aromatic carbocycles. The van der Waals surface area contributed by atoms with E-state index < -0.39 is 23.9 Å². The van der Waals surface area contributed by atoms with Crippen molar-refractivity contribution in [3.8, 4) is 17.1 Å². The van der Waals surface area contributed by atoms with Crippen LogP contribution in [0, 0.1) is 5.92 Å². The van der Waals surface area contributed by atoms with Crippen molar-refractivity contribution in [3.05, 3.63) is 29.7 Å². The molecule has 4 rings (SSSR count). The van der Waals surface area contributed by atoms with Crippen molar-refractivity contribution in [2.75, 3.05) is 13.2 Å². The third-order valence-electron chi connectivity index (χ3n) is 6.20. The van der Waals surface area contributed by atoms with Crippen LogP contribution in [0.25, 0.3) is 11.4 Å². The third kappa shape index (κ3) is 5.00. The Balaban J connectivity index is 1.57. The average Bonchev–Trinajstić information content (AvgIpc) is 3.43. The van der Waals surface area contributed by atoms with Crippen molar-refractivity contribution in [3.63, 3.8) is 0 Å². The van der Waals surface area contributed by atoms with Crippen molar-refractivity contribution in [2.45, 2.75) is 56.8 Å². The number of rotatable bonds is 5. The van der Waals surface area contributed by atoms with Crippen molar-refractivity contribution < 1.29 is 32.7 Å². The molecule has 2 fully saturated rings. The van der Waals surface area contributed by atoms with E-state index in [2.05, 4.69) is 15.3 Å². The van der Waals surface area contributed by atoms with Gasteiger partial charge in [-0.25, -0.2) is 0 Å². The van der Waals surface area contributed by atoms with Crippen LogP contribution in [0.3, 0.4) is 0 Å². The van der Waals surface area contributed by atoms with Crippen LogP contribution in [-0.4, -0.2) is 50.6 Å². The minimum atomic E-state index is -4.63. The number of hydrogen-bond acceptors (Lipinski definition) is 7. The Bertz CT molecular complexity index is 991. The highest BCUT2D eigenvalue weighted by Crippen LogP contribution is 2.39. The van der Waals surface area contributed by atoms with Gasteiger partial charge in [-0.2, -0.15) is 18.2 Å². The molecular formula is C21H26F3N5O4. The van der Waals surface area contributed by atoms with Gasteiger partial charge in [0.05, 0.1) is 18.3 Å². The first kappa shape index (κ1) is 23.1. The number of aromatic nitrogens is 2. The second-order valence-electron chi connectivity index (χ2n) is 8.43. The molecule has 0 spiro atoms. The fourth-order valence-corrected chi connectivity index (χ4v) is 4.44. The Morgan fingerprint density at radius 2 is 2.00 bits per heavy atom. The first-order valence-electron chi connectivity index (χ1n) is 10.9. The lowest BCUT2D eigenvalue weighted by atomic mass is 9.90. The van der Waals surface area contributed by atoms with E-state index in [0.29, 0.717) is 6.42 Å². The highest BCUT2D eigenvalue weighted by Gasteiger charge is 2.40. The number of benzene rings is 1. The SMILES string of the molecule is N/C(=N\O)N1CC[C@H](O)[C@H]1c1nc(-c2ccc(OCC3CCCCC3)c(C(F)(F)F)c2)no1. The van der Waals surface area contributed by atoms with E-state index in [1.807, 2.05) is 0 Å². The summed E-state index contributed by atoms with van der Waals surface area (Å²) >= 11 is 0. The maximum Gasteiger partial charge on any atom is 0.419 e. The molecule has 2 aliphatic rings. The molecule has 12 heteroatoms. The van der Waals surface area contributed by atoms with Gasteiger partial charge in [-0.1, -0.05) is 29.6 Å². The summed E-state index contributed by atoms with van der Waals surface area (Å²) in [5, 5.41) is 25.9. The van der Waals surface area contributed by atoms with E-state index in [1.165, 1.54) is 17.0 Å². The summed E-state index contributed by atoms with van der Waals surface area (Å²) in [7, 11) is 0. The second kappa shape index (κ2) is 9.46. The molecule has 0 unspecified atom stereocenters. The van der Waals surface area contributed by atoms with Crippen molar-refractivity contribution in [2.24, 2.45) is 16.8 Å². The molecule has 0 bridgehead atoms. The zero-order chi connectivity index (χ0) is 23.6. The summed E-state index contributed by atoms with van der Waals surface area (Å²) in [6.07, 6.45) is -0.0367. The molecule has 1 aliphatic carbocycles. The first-order valence-corrected chi connectivity index (χ1v) is 10.9. The smallest absolute Gasteiger partial charge is 0.419 e. The Morgan fingerprint density at radius 1 is 1.24 bits per heavy atom. The van der Waals surface area contributed by atoms with E-state index >= 15 is 0 Å². The van der Waals surface area contributed by atoms with Crippen LogP contribution in [0.1, 0.15) is 56.0 Å². The molecule has 1 aromatic heterocycles. The molecule has 0 amide bonds. The molecule has 1 aliphatic heterocycles. The Morgan fingerprint density at radius 3 is 2.70 bits per heavy atom. The summed E-state index contributed by atoms with van der Waals surface area (Å²) in [4.78, 5) is 5.55. The molecule has 1 saturated heterocycles. The van der Waals surface area contributed by atoms with Crippen LogP contribution in [-0.2, 0) is 6.18 Å². The minimum Gasteiger partial charge on any atom is -0.493 e. The molecule has 9 nitrogen and oxygen atoms in total.